The van der Waals surface area contributed by atoms with E-state index in [0.29, 0.717) is 0 Å². The molecule has 203 valence electrons. The number of nitrogens with zero attached hydrogens (tertiary/aromatic N) is 1. The van der Waals surface area contributed by atoms with E-state index < -0.39 is 5.41 Å². The second-order valence-electron chi connectivity index (χ2n) is 11.7. The van der Waals surface area contributed by atoms with Gasteiger partial charge in [-0.3, -0.25) is 9.78 Å². The smallest absolute Gasteiger partial charge is 0.164 e. The molecule has 0 atom stereocenters. The zero-order valence-corrected chi connectivity index (χ0v) is 26.8. The van der Waals surface area contributed by atoms with Crippen molar-refractivity contribution in [3.63, 3.8) is 0 Å². The first-order valence-electron chi connectivity index (χ1n) is 12.4. The number of carbonyl (C=O) groups excluding carboxylic acids is 1. The van der Waals surface area contributed by atoms with E-state index in [2.05, 4.69) is 65.0 Å². The number of benzene rings is 2. The van der Waals surface area contributed by atoms with E-state index >= 15 is 0 Å². The largest absolute Gasteiger partial charge is 0.512 e. The Morgan fingerprint density at radius 1 is 0.919 bits per heavy atom. The van der Waals surface area contributed by atoms with Crippen LogP contribution in [0.5, 0.6) is 5.75 Å². The van der Waals surface area contributed by atoms with E-state index in [9.17, 15) is 9.90 Å². The minimum atomic E-state index is -0.417. The van der Waals surface area contributed by atoms with Crippen molar-refractivity contribution in [3.8, 4) is 17.0 Å². The van der Waals surface area contributed by atoms with Gasteiger partial charge in [0, 0.05) is 48.1 Å². The first kappa shape index (κ1) is 32.5. The summed E-state index contributed by atoms with van der Waals surface area (Å²) >= 11 is 0. The van der Waals surface area contributed by atoms with Crippen LogP contribution in [0.2, 0.25) is 0 Å². The summed E-state index contributed by atoms with van der Waals surface area (Å²) in [6, 6.07) is 11.9. The second-order valence-corrected chi connectivity index (χ2v) is 11.7. The number of aliphatic hydroxyl groups excluding tert-OH is 1. The molecule has 0 amide bonds. The second kappa shape index (κ2) is 12.4. The zero-order chi connectivity index (χ0) is 27.6. The average Bonchev–Trinajstić information content (AvgIpc) is 2.75. The zero-order valence-electron chi connectivity index (χ0n) is 24.4. The Morgan fingerprint density at radius 3 is 2.00 bits per heavy atom. The Bertz CT molecular complexity index is 1290. The molecule has 0 aliphatic heterocycles. The Morgan fingerprint density at radius 2 is 1.51 bits per heavy atom. The monoisotopic (exact) mass is 681 g/mol. The third kappa shape index (κ3) is 8.25. The van der Waals surface area contributed by atoms with Crippen LogP contribution in [0.1, 0.15) is 69.4 Å². The first-order valence-corrected chi connectivity index (χ1v) is 12.4. The maximum absolute atomic E-state index is 11.5. The number of ether oxygens (including phenoxy) is 1. The number of hydrogen-bond donors (Lipinski definition) is 1. The first-order chi connectivity index (χ1) is 16.4. The van der Waals surface area contributed by atoms with Gasteiger partial charge in [-0.25, -0.2) is 0 Å². The van der Waals surface area contributed by atoms with Crippen LogP contribution in [-0.4, -0.2) is 23.0 Å². The topological polar surface area (TPSA) is 59.4 Å². The summed E-state index contributed by atoms with van der Waals surface area (Å²) in [4.78, 5) is 16.4. The summed E-state index contributed by atoms with van der Waals surface area (Å²) in [5.41, 5.74) is 8.24. The molecule has 4 nitrogen and oxygen atoms in total. The van der Waals surface area contributed by atoms with E-state index in [0.717, 1.165) is 33.5 Å². The molecule has 0 aliphatic rings. The van der Waals surface area contributed by atoms with Crippen LogP contribution < -0.4 is 4.74 Å². The number of methoxy groups -OCH3 is 1. The van der Waals surface area contributed by atoms with Crippen molar-refractivity contribution in [1.82, 2.24) is 4.98 Å². The van der Waals surface area contributed by atoms with Gasteiger partial charge in [-0.1, -0.05) is 55.4 Å². The van der Waals surface area contributed by atoms with Crippen LogP contribution >= 0.6 is 0 Å². The summed E-state index contributed by atoms with van der Waals surface area (Å²) in [6.45, 7) is 21.7. The van der Waals surface area contributed by atoms with Crippen LogP contribution in [0.4, 0.5) is 0 Å². The van der Waals surface area contributed by atoms with Crippen LogP contribution in [0.3, 0.4) is 0 Å². The van der Waals surface area contributed by atoms with Crippen LogP contribution in [0, 0.1) is 51.5 Å². The molecular formula is C32H42IrNO3-. The van der Waals surface area contributed by atoms with Crippen molar-refractivity contribution in [3.05, 3.63) is 70.0 Å². The van der Waals surface area contributed by atoms with Crippen molar-refractivity contribution in [2.75, 3.05) is 7.11 Å². The van der Waals surface area contributed by atoms with Gasteiger partial charge in [0.05, 0.1) is 12.6 Å². The fourth-order valence-corrected chi connectivity index (χ4v) is 3.66. The van der Waals surface area contributed by atoms with E-state index in [1.807, 2.05) is 41.5 Å². The maximum atomic E-state index is 11.5. The van der Waals surface area contributed by atoms with E-state index in [1.165, 1.54) is 28.3 Å². The molecule has 0 fully saturated rings. The molecule has 3 aromatic rings. The van der Waals surface area contributed by atoms with Crippen LogP contribution in [-0.2, 0) is 24.9 Å². The molecular weight excluding hydrogens is 639 g/mol. The molecule has 0 saturated carbocycles. The number of fused-ring (bicyclic) bond motifs is 1. The molecule has 1 N–H and O–H groups in total. The van der Waals surface area contributed by atoms with Gasteiger partial charge >= 0.3 is 0 Å². The SMILES string of the molecule is CC(C)(C)C(=O)/C=C(\O)C(C)(C)C.COc1cc2c(C)c(C)c(C)cc2nc1-c1[c-]c(C)cc(C)c1.[Ir]. The molecule has 1 aromatic heterocycles. The van der Waals surface area contributed by atoms with Gasteiger partial charge in [-0.2, -0.15) is 0 Å². The van der Waals surface area contributed by atoms with Gasteiger partial charge < -0.3 is 9.84 Å². The predicted octanol–water partition coefficient (Wildman–Crippen LogP) is 8.34. The molecule has 0 spiro atoms. The number of pyridine rings is 1. The summed E-state index contributed by atoms with van der Waals surface area (Å²) in [7, 11) is 1.70. The number of hydrogen-bond acceptors (Lipinski definition) is 4. The molecule has 5 heteroatoms. The van der Waals surface area contributed by atoms with E-state index in [1.54, 1.807) is 7.11 Å². The van der Waals surface area contributed by atoms with E-state index in [-0.39, 0.29) is 37.1 Å². The van der Waals surface area contributed by atoms with Gasteiger partial charge in [0.25, 0.3) is 0 Å². The minimum absolute atomic E-state index is 0. The maximum Gasteiger partial charge on any atom is 0.164 e. The van der Waals surface area contributed by atoms with Gasteiger partial charge in [0.15, 0.2) is 5.78 Å². The number of aryl methyl sites for hydroxylation is 4. The van der Waals surface area contributed by atoms with Gasteiger partial charge in [0.1, 0.15) is 11.5 Å². The fraction of sp³-hybridized carbons (Fsp3) is 0.438. The summed E-state index contributed by atoms with van der Waals surface area (Å²) in [5.74, 6) is 0.900. The van der Waals surface area contributed by atoms with E-state index in [4.69, 9.17) is 9.72 Å². The van der Waals surface area contributed by atoms with Crippen LogP contribution in [0.15, 0.2) is 36.1 Å². The average molecular weight is 681 g/mol. The molecule has 0 bridgehead atoms. The number of ketones is 1. The van der Waals surface area contributed by atoms with Crippen molar-refractivity contribution >= 4 is 16.7 Å². The minimum Gasteiger partial charge on any atom is -0.512 e. The summed E-state index contributed by atoms with van der Waals surface area (Å²) in [6.07, 6.45) is 1.33. The Balaban J connectivity index is 0.000000423. The summed E-state index contributed by atoms with van der Waals surface area (Å²) in [5, 5.41) is 10.7. The summed E-state index contributed by atoms with van der Waals surface area (Å²) < 4.78 is 5.63. The predicted molar refractivity (Wildman–Crippen MR) is 151 cm³/mol. The van der Waals surface area contributed by atoms with Crippen LogP contribution in [0.25, 0.3) is 22.2 Å². The Labute approximate surface area is 236 Å². The molecule has 1 heterocycles. The molecule has 0 saturated heterocycles. The number of aliphatic hydroxyl groups is 1. The Kier molecular flexibility index (Phi) is 10.9. The molecule has 1 radical (unpaired) electrons. The van der Waals surface area contributed by atoms with Gasteiger partial charge in [-0.05, 0) is 49.6 Å². The third-order valence-corrected chi connectivity index (χ3v) is 6.33. The molecule has 3 rings (SSSR count). The van der Waals surface area contributed by atoms with Gasteiger partial charge in [-0.15, -0.1) is 34.9 Å². The molecule has 37 heavy (non-hydrogen) atoms. The molecule has 0 unspecified atom stereocenters. The van der Waals surface area contributed by atoms with Gasteiger partial charge in [0.2, 0.25) is 0 Å². The number of allylic oxidation sites excluding steroid dienone is 2. The van der Waals surface area contributed by atoms with Crippen molar-refractivity contribution < 1.29 is 34.7 Å². The fourth-order valence-electron chi connectivity index (χ4n) is 3.66. The number of aromatic nitrogens is 1. The molecule has 2 aromatic carbocycles. The quantitative estimate of drug-likeness (QED) is 0.172. The molecule has 0 aliphatic carbocycles. The Hall–Kier alpha value is -2.49. The van der Waals surface area contributed by atoms with Crippen molar-refractivity contribution in [1.29, 1.82) is 0 Å². The standard InChI is InChI=1S/C21H22NO.C11H20O2.Ir/c1-12-7-13(2)9-17(8-12)21-20(23-6)11-18-16(5)15(4)14(3)10-19(18)22-21;1-10(2,3)8(12)7-9(13)11(4,5)6;/h7-8,10-11H,1-6H3;7,12H,1-6H3;/q-1;;/b;8-7-;. The van der Waals surface area contributed by atoms with Crippen molar-refractivity contribution in [2.24, 2.45) is 10.8 Å². The van der Waals surface area contributed by atoms with Crippen molar-refractivity contribution in [2.45, 2.75) is 76.2 Å². The normalized spacial score (nSPS) is 11.9. The third-order valence-electron chi connectivity index (χ3n) is 6.33. The number of rotatable bonds is 3. The number of carbonyl (C=O) groups is 1.